The average Bonchev–Trinajstić information content (AvgIpc) is 3.18. The fourth-order valence-electron chi connectivity index (χ4n) is 3.35. The number of thiazole rings is 1. The highest BCUT2D eigenvalue weighted by atomic mass is 32.1. The lowest BCUT2D eigenvalue weighted by atomic mass is 10.0. The van der Waals surface area contributed by atoms with Gasteiger partial charge in [-0.05, 0) is 50.6 Å². The summed E-state index contributed by atoms with van der Waals surface area (Å²) in [5.74, 6) is -2.69. The van der Waals surface area contributed by atoms with Gasteiger partial charge in [-0.2, -0.15) is 0 Å². The maximum atomic E-state index is 13.7. The minimum absolute atomic E-state index is 0.0217. The Balaban J connectivity index is 2.14. The number of aromatic nitrogens is 1. The number of halogens is 2. The molecule has 1 aromatic carbocycles. The molecule has 0 saturated heterocycles. The van der Waals surface area contributed by atoms with Crippen LogP contribution in [0.1, 0.15) is 44.1 Å². The van der Waals surface area contributed by atoms with Crippen LogP contribution in [0.25, 0.3) is 0 Å². The SMILES string of the molecule is CCCN(CCC)[C@@H](C)C(=O)N[C@@H](Cc1ccc(F)c(F)c1)C(=O)NCc1cnc(N)s1. The normalized spacial score (nSPS) is 13.1. The molecule has 1 aromatic heterocycles. The van der Waals surface area contributed by atoms with E-state index >= 15 is 0 Å². The molecule has 1 heterocycles. The monoisotopic (exact) mass is 467 g/mol. The number of nitrogens with zero attached hydrogens (tertiary/aromatic N) is 2. The number of hydrogen-bond donors (Lipinski definition) is 3. The Bertz CT molecular complexity index is 902. The molecule has 176 valence electrons. The number of nitrogens with one attached hydrogen (secondary N) is 2. The molecule has 0 unspecified atom stereocenters. The molecule has 0 aliphatic carbocycles. The van der Waals surface area contributed by atoms with E-state index in [0.717, 1.165) is 42.9 Å². The molecular formula is C22H31F2N5O2S. The molecule has 4 N–H and O–H groups in total. The van der Waals surface area contributed by atoms with Crippen molar-refractivity contribution in [1.82, 2.24) is 20.5 Å². The summed E-state index contributed by atoms with van der Waals surface area (Å²) in [6.07, 6.45) is 3.38. The van der Waals surface area contributed by atoms with Gasteiger partial charge in [0.15, 0.2) is 16.8 Å². The lowest BCUT2D eigenvalue weighted by Gasteiger charge is -2.29. The predicted octanol–water partition coefficient (Wildman–Crippen LogP) is 2.86. The lowest BCUT2D eigenvalue weighted by Crippen LogP contribution is -2.53. The number of nitrogens with two attached hydrogens (primary N) is 1. The summed E-state index contributed by atoms with van der Waals surface area (Å²) in [4.78, 5) is 32.6. The first kappa shape index (κ1) is 25.7. The standard InChI is InChI=1S/C22H31F2N5O2S/c1-4-8-29(9-5-2)14(3)20(30)28-19(11-15-6-7-17(23)18(24)10-15)21(31)26-12-16-13-27-22(25)32-16/h6-7,10,13-14,19H,4-5,8-9,11-12H2,1-3H3,(H2,25,27)(H,26,31)(H,28,30)/t14-,19-/m0/s1. The van der Waals surface area contributed by atoms with Gasteiger partial charge in [0.05, 0.1) is 12.6 Å². The molecule has 2 rings (SSSR count). The Morgan fingerprint density at radius 3 is 2.41 bits per heavy atom. The van der Waals surface area contributed by atoms with E-state index in [0.29, 0.717) is 10.7 Å². The second-order valence-electron chi connectivity index (χ2n) is 7.61. The number of benzene rings is 1. The summed E-state index contributed by atoms with van der Waals surface area (Å²) in [6, 6.07) is 2.06. The Kier molecular flexibility index (Phi) is 9.98. The van der Waals surface area contributed by atoms with Crippen molar-refractivity contribution in [3.05, 3.63) is 46.5 Å². The van der Waals surface area contributed by atoms with Crippen molar-refractivity contribution < 1.29 is 18.4 Å². The second-order valence-corrected chi connectivity index (χ2v) is 8.76. The van der Waals surface area contributed by atoms with Gasteiger partial charge in [0.25, 0.3) is 0 Å². The van der Waals surface area contributed by atoms with Crippen LogP contribution in [-0.2, 0) is 22.6 Å². The van der Waals surface area contributed by atoms with Crippen LogP contribution in [0, 0.1) is 11.6 Å². The van der Waals surface area contributed by atoms with Crippen molar-refractivity contribution in [2.24, 2.45) is 0 Å². The largest absolute Gasteiger partial charge is 0.375 e. The third kappa shape index (κ3) is 7.52. The molecule has 0 bridgehead atoms. The van der Waals surface area contributed by atoms with E-state index in [1.807, 2.05) is 13.8 Å². The van der Waals surface area contributed by atoms with Gasteiger partial charge in [-0.1, -0.05) is 19.9 Å². The number of nitrogen functional groups attached to an aromatic ring is 1. The van der Waals surface area contributed by atoms with Gasteiger partial charge in [0, 0.05) is 17.5 Å². The van der Waals surface area contributed by atoms with Crippen molar-refractivity contribution in [2.75, 3.05) is 18.8 Å². The molecule has 0 radical (unpaired) electrons. The van der Waals surface area contributed by atoms with Crippen LogP contribution in [-0.4, -0.2) is 46.9 Å². The first-order valence-corrected chi connectivity index (χ1v) is 11.5. The van der Waals surface area contributed by atoms with Gasteiger partial charge in [-0.3, -0.25) is 14.5 Å². The van der Waals surface area contributed by atoms with Crippen LogP contribution in [0.3, 0.4) is 0 Å². The molecule has 2 atom stereocenters. The van der Waals surface area contributed by atoms with Gasteiger partial charge in [0.1, 0.15) is 6.04 Å². The zero-order chi connectivity index (χ0) is 23.7. The lowest BCUT2D eigenvalue weighted by molar-refractivity contribution is -0.131. The van der Waals surface area contributed by atoms with E-state index in [1.165, 1.54) is 17.4 Å². The Hall–Kier alpha value is -2.59. The Labute approximate surface area is 191 Å². The number of rotatable bonds is 12. The van der Waals surface area contributed by atoms with Crippen molar-refractivity contribution >= 4 is 28.3 Å². The highest BCUT2D eigenvalue weighted by Crippen LogP contribution is 2.15. The van der Waals surface area contributed by atoms with Crippen molar-refractivity contribution in [3.63, 3.8) is 0 Å². The topological polar surface area (TPSA) is 100 Å². The number of carbonyl (C=O) groups excluding carboxylic acids is 2. The predicted molar refractivity (Wildman–Crippen MR) is 122 cm³/mol. The third-order valence-electron chi connectivity index (χ3n) is 5.01. The second kappa shape index (κ2) is 12.4. The van der Waals surface area contributed by atoms with Crippen molar-refractivity contribution in [1.29, 1.82) is 0 Å². The van der Waals surface area contributed by atoms with Crippen LogP contribution in [0.5, 0.6) is 0 Å². The zero-order valence-electron chi connectivity index (χ0n) is 18.7. The average molecular weight is 468 g/mol. The highest BCUT2D eigenvalue weighted by molar-refractivity contribution is 7.15. The summed E-state index contributed by atoms with van der Waals surface area (Å²) >= 11 is 1.25. The molecular weight excluding hydrogens is 436 g/mol. The molecule has 10 heteroatoms. The number of amides is 2. The molecule has 0 aliphatic heterocycles. The van der Waals surface area contributed by atoms with E-state index in [1.54, 1.807) is 13.1 Å². The molecule has 32 heavy (non-hydrogen) atoms. The zero-order valence-corrected chi connectivity index (χ0v) is 19.5. The quantitative estimate of drug-likeness (QED) is 0.446. The maximum absolute atomic E-state index is 13.7. The first-order valence-electron chi connectivity index (χ1n) is 10.7. The molecule has 2 amide bonds. The van der Waals surface area contributed by atoms with E-state index in [2.05, 4.69) is 20.5 Å². The van der Waals surface area contributed by atoms with Crippen LogP contribution in [0.15, 0.2) is 24.4 Å². The molecule has 0 saturated carbocycles. The van der Waals surface area contributed by atoms with Gasteiger partial charge in [0.2, 0.25) is 11.8 Å². The summed E-state index contributed by atoms with van der Waals surface area (Å²) in [6.45, 7) is 7.60. The van der Waals surface area contributed by atoms with Crippen molar-refractivity contribution in [2.45, 2.75) is 58.7 Å². The van der Waals surface area contributed by atoms with E-state index in [4.69, 9.17) is 5.73 Å². The molecule has 0 fully saturated rings. The van der Waals surface area contributed by atoms with Crippen LogP contribution >= 0.6 is 11.3 Å². The van der Waals surface area contributed by atoms with E-state index in [-0.39, 0.29) is 18.9 Å². The van der Waals surface area contributed by atoms with Crippen LogP contribution < -0.4 is 16.4 Å². The molecule has 0 spiro atoms. The first-order chi connectivity index (χ1) is 15.2. The summed E-state index contributed by atoms with van der Waals surface area (Å²) in [5, 5.41) is 5.94. The summed E-state index contributed by atoms with van der Waals surface area (Å²) in [5.41, 5.74) is 6.02. The van der Waals surface area contributed by atoms with Gasteiger partial charge >= 0.3 is 0 Å². The fraction of sp³-hybridized carbons (Fsp3) is 0.500. The number of anilines is 1. The van der Waals surface area contributed by atoms with E-state index in [9.17, 15) is 18.4 Å². The van der Waals surface area contributed by atoms with Crippen molar-refractivity contribution in [3.8, 4) is 0 Å². The van der Waals surface area contributed by atoms with Crippen LogP contribution in [0.2, 0.25) is 0 Å². The fourth-order valence-corrected chi connectivity index (χ4v) is 3.97. The minimum atomic E-state index is -1.00. The smallest absolute Gasteiger partial charge is 0.243 e. The Morgan fingerprint density at radius 1 is 1.16 bits per heavy atom. The van der Waals surface area contributed by atoms with Gasteiger partial charge in [-0.25, -0.2) is 13.8 Å². The van der Waals surface area contributed by atoms with E-state index < -0.39 is 29.6 Å². The van der Waals surface area contributed by atoms with Gasteiger partial charge < -0.3 is 16.4 Å². The summed E-state index contributed by atoms with van der Waals surface area (Å²) in [7, 11) is 0. The minimum Gasteiger partial charge on any atom is -0.375 e. The molecule has 7 nitrogen and oxygen atoms in total. The number of hydrogen-bond acceptors (Lipinski definition) is 6. The Morgan fingerprint density at radius 2 is 1.84 bits per heavy atom. The highest BCUT2D eigenvalue weighted by Gasteiger charge is 2.27. The van der Waals surface area contributed by atoms with Gasteiger partial charge in [-0.15, -0.1) is 11.3 Å². The van der Waals surface area contributed by atoms with Crippen LogP contribution in [0.4, 0.5) is 13.9 Å². The summed E-state index contributed by atoms with van der Waals surface area (Å²) < 4.78 is 27.0. The number of carbonyl (C=O) groups is 2. The molecule has 2 aromatic rings. The molecule has 0 aliphatic rings. The maximum Gasteiger partial charge on any atom is 0.243 e. The third-order valence-corrected chi connectivity index (χ3v) is 5.84.